The second kappa shape index (κ2) is 6.18. The second-order valence-corrected chi connectivity index (χ2v) is 7.91. The van der Waals surface area contributed by atoms with Crippen LogP contribution in [-0.2, 0) is 21.3 Å². The fourth-order valence-electron chi connectivity index (χ4n) is 2.71. The number of nitrogens with zero attached hydrogens (tertiary/aromatic N) is 3. The highest BCUT2D eigenvalue weighted by Crippen LogP contribution is 2.29. The number of morpholine rings is 1. The lowest BCUT2D eigenvalue weighted by Crippen LogP contribution is -2.50. The summed E-state index contributed by atoms with van der Waals surface area (Å²) in [6.07, 6.45) is 2.13. The highest BCUT2D eigenvalue weighted by atomic mass is 35.5. The Morgan fingerprint density at radius 1 is 1.33 bits per heavy atom. The Labute approximate surface area is 132 Å². The Bertz CT molecular complexity index is 543. The van der Waals surface area contributed by atoms with Gasteiger partial charge in [-0.2, -0.15) is 0 Å². The normalized spacial score (nSPS) is 27.7. The second-order valence-electron chi connectivity index (χ2n) is 5.85. The van der Waals surface area contributed by atoms with Crippen LogP contribution in [0.5, 0.6) is 0 Å². The molecule has 0 radical (unpaired) electrons. The molecule has 1 aliphatic heterocycles. The fraction of sp³-hybridized carbons (Fsp3) is 0.714. The van der Waals surface area contributed by atoms with E-state index in [0.29, 0.717) is 24.2 Å². The van der Waals surface area contributed by atoms with Crippen molar-refractivity contribution in [2.75, 3.05) is 18.1 Å². The van der Waals surface area contributed by atoms with E-state index in [-0.39, 0.29) is 17.4 Å². The van der Waals surface area contributed by atoms with Gasteiger partial charge in [0.15, 0.2) is 0 Å². The molecule has 0 bridgehead atoms. The molecule has 1 aromatic heterocycles. The summed E-state index contributed by atoms with van der Waals surface area (Å²) >= 11 is 6.06. The molecule has 3 rings (SSSR count). The summed E-state index contributed by atoms with van der Waals surface area (Å²) < 4.78 is 17.6. The first-order chi connectivity index (χ1) is 10.0. The van der Waals surface area contributed by atoms with Crippen LogP contribution in [0.2, 0.25) is 5.28 Å². The molecule has 1 saturated heterocycles. The molecule has 3 atom stereocenters. The molecule has 0 aromatic carbocycles. The van der Waals surface area contributed by atoms with Crippen LogP contribution >= 0.6 is 11.6 Å². The van der Waals surface area contributed by atoms with Crippen molar-refractivity contribution in [3.8, 4) is 0 Å². The maximum absolute atomic E-state index is 12.1. The highest BCUT2D eigenvalue weighted by molar-refractivity contribution is 7.85. The van der Waals surface area contributed by atoms with E-state index in [1.807, 2.05) is 6.07 Å². The minimum absolute atomic E-state index is 0.223. The Balaban J connectivity index is 1.84. The molecule has 2 fully saturated rings. The van der Waals surface area contributed by atoms with Crippen LogP contribution in [0.1, 0.15) is 32.4 Å². The van der Waals surface area contributed by atoms with Crippen LogP contribution in [0.15, 0.2) is 6.07 Å². The lowest BCUT2D eigenvalue weighted by atomic mass is 10.1. The molecule has 7 heteroatoms. The van der Waals surface area contributed by atoms with Gasteiger partial charge in [-0.15, -0.1) is 0 Å². The van der Waals surface area contributed by atoms with Gasteiger partial charge in [-0.25, -0.2) is 9.97 Å². The van der Waals surface area contributed by atoms with Crippen molar-refractivity contribution in [3.63, 3.8) is 0 Å². The van der Waals surface area contributed by atoms with Gasteiger partial charge in [0.05, 0.1) is 36.7 Å². The van der Waals surface area contributed by atoms with Crippen molar-refractivity contribution < 1.29 is 8.95 Å². The average molecular weight is 330 g/mol. The molecule has 0 N–H and O–H groups in total. The quantitative estimate of drug-likeness (QED) is 0.792. The number of rotatable bonds is 4. The largest absolute Gasteiger partial charge is 0.377 e. The predicted molar refractivity (Wildman–Crippen MR) is 84.1 cm³/mol. The summed E-state index contributed by atoms with van der Waals surface area (Å²) in [6, 6.07) is 2.40. The standard InChI is InChI=1S/C14H20ClN3O2S/c1-9-6-20-7-10(2)18(9)13-5-11(16-14(15)17-13)8-21(19)12-3-4-12/h5,9-10,12H,3-4,6-8H2,1-2H3/t9-,10-,21?/m0/s1. The topological polar surface area (TPSA) is 55.3 Å². The molecule has 2 aliphatic rings. The smallest absolute Gasteiger partial charge is 0.224 e. The minimum atomic E-state index is -0.843. The number of halogens is 1. The monoisotopic (exact) mass is 329 g/mol. The van der Waals surface area contributed by atoms with Gasteiger partial charge in [0, 0.05) is 22.1 Å². The van der Waals surface area contributed by atoms with Crippen LogP contribution in [0.4, 0.5) is 5.82 Å². The van der Waals surface area contributed by atoms with Gasteiger partial charge in [-0.05, 0) is 38.3 Å². The van der Waals surface area contributed by atoms with E-state index in [9.17, 15) is 4.21 Å². The van der Waals surface area contributed by atoms with E-state index in [1.54, 1.807) is 0 Å². The van der Waals surface area contributed by atoms with Crippen molar-refractivity contribution >= 4 is 28.2 Å². The van der Waals surface area contributed by atoms with Crippen LogP contribution in [0.25, 0.3) is 0 Å². The highest BCUT2D eigenvalue weighted by Gasteiger charge is 2.30. The van der Waals surface area contributed by atoms with Gasteiger partial charge in [-0.3, -0.25) is 4.21 Å². The van der Waals surface area contributed by atoms with Gasteiger partial charge in [0.1, 0.15) is 5.82 Å². The number of hydrogen-bond donors (Lipinski definition) is 0. The SMILES string of the molecule is C[C@H]1COC[C@H](C)N1c1cc(CS(=O)C2CC2)nc(Cl)n1. The van der Waals surface area contributed by atoms with Gasteiger partial charge in [0.25, 0.3) is 0 Å². The summed E-state index contributed by atoms with van der Waals surface area (Å²) in [5.41, 5.74) is 0.765. The first-order valence-corrected chi connectivity index (χ1v) is 9.07. The third kappa shape index (κ3) is 3.55. The Kier molecular flexibility index (Phi) is 4.47. The van der Waals surface area contributed by atoms with Gasteiger partial charge in [-0.1, -0.05) is 0 Å². The molecule has 1 saturated carbocycles. The van der Waals surface area contributed by atoms with E-state index in [4.69, 9.17) is 16.3 Å². The van der Waals surface area contributed by atoms with Crippen molar-refractivity contribution in [1.82, 2.24) is 9.97 Å². The van der Waals surface area contributed by atoms with Crippen molar-refractivity contribution in [3.05, 3.63) is 17.0 Å². The maximum atomic E-state index is 12.1. The average Bonchev–Trinajstić information content (AvgIpc) is 3.21. The predicted octanol–water partition coefficient (Wildman–Crippen LogP) is 2.15. The van der Waals surface area contributed by atoms with Crippen molar-refractivity contribution in [1.29, 1.82) is 0 Å². The van der Waals surface area contributed by atoms with Gasteiger partial charge < -0.3 is 9.64 Å². The third-order valence-electron chi connectivity index (χ3n) is 3.86. The van der Waals surface area contributed by atoms with E-state index in [2.05, 4.69) is 28.7 Å². The third-order valence-corrected chi connectivity index (χ3v) is 5.82. The van der Waals surface area contributed by atoms with Gasteiger partial charge >= 0.3 is 0 Å². The molecule has 1 aliphatic carbocycles. The molecule has 0 spiro atoms. The molecular weight excluding hydrogens is 310 g/mol. The molecule has 1 unspecified atom stereocenters. The zero-order valence-electron chi connectivity index (χ0n) is 12.3. The Hall–Kier alpha value is -0.720. The van der Waals surface area contributed by atoms with Crippen molar-refractivity contribution in [2.24, 2.45) is 0 Å². The summed E-state index contributed by atoms with van der Waals surface area (Å²) in [7, 11) is -0.843. The summed E-state index contributed by atoms with van der Waals surface area (Å²) in [5.74, 6) is 1.27. The minimum Gasteiger partial charge on any atom is -0.377 e. The van der Waals surface area contributed by atoms with Crippen LogP contribution in [0.3, 0.4) is 0 Å². The molecule has 0 amide bonds. The summed E-state index contributed by atoms with van der Waals surface area (Å²) in [5, 5.41) is 0.574. The van der Waals surface area contributed by atoms with E-state index in [1.165, 1.54) is 0 Å². The Morgan fingerprint density at radius 2 is 2.00 bits per heavy atom. The lowest BCUT2D eigenvalue weighted by molar-refractivity contribution is 0.0752. The summed E-state index contributed by atoms with van der Waals surface area (Å²) in [4.78, 5) is 10.8. The Morgan fingerprint density at radius 3 is 2.62 bits per heavy atom. The molecule has 21 heavy (non-hydrogen) atoms. The number of aromatic nitrogens is 2. The maximum Gasteiger partial charge on any atom is 0.224 e. The van der Waals surface area contributed by atoms with Crippen LogP contribution < -0.4 is 4.90 Å². The number of ether oxygens (including phenoxy) is 1. The summed E-state index contributed by atoms with van der Waals surface area (Å²) in [6.45, 7) is 5.56. The first kappa shape index (κ1) is 15.2. The zero-order valence-corrected chi connectivity index (χ0v) is 13.9. The molecule has 5 nitrogen and oxygen atoms in total. The van der Waals surface area contributed by atoms with E-state index < -0.39 is 10.8 Å². The van der Waals surface area contributed by atoms with Crippen LogP contribution in [-0.4, -0.2) is 44.7 Å². The molecule has 1 aromatic rings. The lowest BCUT2D eigenvalue weighted by Gasteiger charge is -2.39. The number of hydrogen-bond acceptors (Lipinski definition) is 5. The van der Waals surface area contributed by atoms with E-state index in [0.717, 1.165) is 24.4 Å². The molecule has 2 heterocycles. The van der Waals surface area contributed by atoms with E-state index >= 15 is 0 Å². The fourth-order valence-corrected chi connectivity index (χ4v) is 4.24. The first-order valence-electron chi connectivity index (χ1n) is 7.31. The van der Waals surface area contributed by atoms with Crippen LogP contribution in [0, 0.1) is 0 Å². The van der Waals surface area contributed by atoms with Gasteiger partial charge in [0.2, 0.25) is 5.28 Å². The molecular formula is C14H20ClN3O2S. The molecule has 116 valence electrons. The number of anilines is 1. The zero-order chi connectivity index (χ0) is 15.0. The van der Waals surface area contributed by atoms with Crippen molar-refractivity contribution in [2.45, 2.75) is 49.8 Å².